The lowest BCUT2D eigenvalue weighted by molar-refractivity contribution is -0.118. The molecule has 1 N–H and O–H groups in total. The number of fused-ring (bicyclic) bond motifs is 1. The van der Waals surface area contributed by atoms with Crippen LogP contribution in [0, 0.1) is 5.82 Å². The van der Waals surface area contributed by atoms with Crippen LogP contribution >= 0.6 is 15.9 Å². The molecule has 0 aromatic heterocycles. The minimum Gasteiger partial charge on any atom is -0.482 e. The summed E-state index contributed by atoms with van der Waals surface area (Å²) in [5.74, 6) is -0.910. The summed E-state index contributed by atoms with van der Waals surface area (Å²) in [5, 5.41) is 2.63. The van der Waals surface area contributed by atoms with E-state index in [1.165, 1.54) is 24.3 Å². The molecular formula is C16H11BrFNO4. The highest BCUT2D eigenvalue weighted by atomic mass is 79.9. The van der Waals surface area contributed by atoms with Gasteiger partial charge in [0.05, 0.1) is 11.3 Å². The van der Waals surface area contributed by atoms with Gasteiger partial charge in [-0.15, -0.1) is 0 Å². The number of amides is 1. The van der Waals surface area contributed by atoms with Gasteiger partial charge in [-0.2, -0.15) is 0 Å². The van der Waals surface area contributed by atoms with Crippen LogP contribution in [0.5, 0.6) is 5.75 Å². The van der Waals surface area contributed by atoms with E-state index in [9.17, 15) is 14.0 Å². The lowest BCUT2D eigenvalue weighted by Gasteiger charge is -2.18. The first kappa shape index (κ1) is 15.5. The molecule has 0 saturated heterocycles. The molecular weight excluding hydrogens is 369 g/mol. The minimum absolute atomic E-state index is 0.102. The summed E-state index contributed by atoms with van der Waals surface area (Å²) in [5.41, 5.74) is 1.04. The number of carbonyl (C=O) groups is 2. The zero-order valence-corrected chi connectivity index (χ0v) is 13.4. The van der Waals surface area contributed by atoms with Gasteiger partial charge in [-0.3, -0.25) is 4.79 Å². The van der Waals surface area contributed by atoms with Gasteiger partial charge in [0.2, 0.25) is 0 Å². The number of anilines is 1. The van der Waals surface area contributed by atoms with Gasteiger partial charge in [-0.1, -0.05) is 22.0 Å². The smallest absolute Gasteiger partial charge is 0.338 e. The second-order valence-corrected chi connectivity index (χ2v) is 5.78. The summed E-state index contributed by atoms with van der Waals surface area (Å²) in [4.78, 5) is 23.2. The average Bonchev–Trinajstić information content (AvgIpc) is 2.53. The number of rotatable bonds is 3. The Labute approximate surface area is 139 Å². The molecule has 0 atom stereocenters. The second-order valence-electron chi connectivity index (χ2n) is 4.86. The fourth-order valence-corrected chi connectivity index (χ4v) is 2.40. The third kappa shape index (κ3) is 3.50. The predicted molar refractivity (Wildman–Crippen MR) is 83.8 cm³/mol. The van der Waals surface area contributed by atoms with E-state index in [0.29, 0.717) is 15.9 Å². The Morgan fingerprint density at radius 1 is 1.30 bits per heavy atom. The first-order valence-corrected chi connectivity index (χ1v) is 7.50. The number of carbonyl (C=O) groups excluding carboxylic acids is 2. The van der Waals surface area contributed by atoms with Crippen molar-refractivity contribution in [3.05, 3.63) is 57.8 Å². The third-order valence-corrected chi connectivity index (χ3v) is 3.72. The van der Waals surface area contributed by atoms with Crippen molar-refractivity contribution in [1.82, 2.24) is 0 Å². The van der Waals surface area contributed by atoms with Crippen molar-refractivity contribution >= 4 is 33.5 Å². The van der Waals surface area contributed by atoms with Crippen LogP contribution in [0.25, 0.3) is 0 Å². The number of hydrogen-bond acceptors (Lipinski definition) is 4. The first-order chi connectivity index (χ1) is 11.0. The second kappa shape index (κ2) is 6.37. The summed E-state index contributed by atoms with van der Waals surface area (Å²) in [6, 6.07) is 9.06. The van der Waals surface area contributed by atoms with Gasteiger partial charge < -0.3 is 14.8 Å². The topological polar surface area (TPSA) is 64.6 Å². The summed E-state index contributed by atoms with van der Waals surface area (Å²) < 4.78 is 24.6. The molecule has 0 saturated carbocycles. The summed E-state index contributed by atoms with van der Waals surface area (Å²) in [7, 11) is 0. The fraction of sp³-hybridized carbons (Fsp3) is 0.125. The normalized spacial score (nSPS) is 12.9. The van der Waals surface area contributed by atoms with Crippen LogP contribution in [0.4, 0.5) is 10.1 Å². The predicted octanol–water partition coefficient (Wildman–Crippen LogP) is 3.28. The largest absolute Gasteiger partial charge is 0.482 e. The van der Waals surface area contributed by atoms with E-state index >= 15 is 0 Å². The summed E-state index contributed by atoms with van der Waals surface area (Å²) >= 11 is 3.16. The molecule has 2 aromatic carbocycles. The van der Waals surface area contributed by atoms with Gasteiger partial charge >= 0.3 is 5.97 Å². The van der Waals surface area contributed by atoms with Gasteiger partial charge in [0.15, 0.2) is 6.61 Å². The number of ether oxygens (including phenoxy) is 2. The highest BCUT2D eigenvalue weighted by Crippen LogP contribution is 2.29. The van der Waals surface area contributed by atoms with E-state index in [1.807, 2.05) is 0 Å². The Kier molecular flexibility index (Phi) is 4.29. The number of benzene rings is 2. The van der Waals surface area contributed by atoms with Gasteiger partial charge in [0.25, 0.3) is 5.91 Å². The molecule has 1 heterocycles. The van der Waals surface area contributed by atoms with E-state index in [-0.39, 0.29) is 30.2 Å². The molecule has 0 radical (unpaired) electrons. The zero-order valence-electron chi connectivity index (χ0n) is 11.8. The molecule has 1 aliphatic heterocycles. The van der Waals surface area contributed by atoms with Crippen molar-refractivity contribution in [2.75, 3.05) is 11.9 Å². The molecule has 1 amide bonds. The average molecular weight is 380 g/mol. The zero-order chi connectivity index (χ0) is 16.4. The summed E-state index contributed by atoms with van der Waals surface area (Å²) in [6.45, 7) is -0.276. The van der Waals surface area contributed by atoms with Crippen LogP contribution in [-0.2, 0) is 16.1 Å². The van der Waals surface area contributed by atoms with E-state index in [1.54, 1.807) is 12.1 Å². The van der Waals surface area contributed by atoms with Gasteiger partial charge in [0.1, 0.15) is 18.2 Å². The maximum atomic E-state index is 13.7. The van der Waals surface area contributed by atoms with Gasteiger partial charge in [-0.05, 0) is 30.3 Å². The highest BCUT2D eigenvalue weighted by Gasteiger charge is 2.18. The van der Waals surface area contributed by atoms with Crippen molar-refractivity contribution in [2.45, 2.75) is 6.61 Å². The van der Waals surface area contributed by atoms with Crippen molar-refractivity contribution in [3.8, 4) is 5.75 Å². The van der Waals surface area contributed by atoms with Gasteiger partial charge in [-0.25, -0.2) is 9.18 Å². The van der Waals surface area contributed by atoms with E-state index in [4.69, 9.17) is 9.47 Å². The van der Waals surface area contributed by atoms with Crippen molar-refractivity contribution < 1.29 is 23.5 Å². The molecule has 23 heavy (non-hydrogen) atoms. The van der Waals surface area contributed by atoms with Gasteiger partial charge in [0, 0.05) is 10.0 Å². The number of esters is 1. The Morgan fingerprint density at radius 2 is 2.13 bits per heavy atom. The minimum atomic E-state index is -0.601. The maximum absolute atomic E-state index is 13.7. The van der Waals surface area contributed by atoms with E-state index < -0.39 is 11.8 Å². The molecule has 3 rings (SSSR count). The molecule has 0 spiro atoms. The maximum Gasteiger partial charge on any atom is 0.338 e. The van der Waals surface area contributed by atoms with Crippen LogP contribution in [0.15, 0.2) is 40.9 Å². The molecule has 5 nitrogen and oxygen atoms in total. The van der Waals surface area contributed by atoms with Crippen LogP contribution < -0.4 is 10.1 Å². The van der Waals surface area contributed by atoms with Crippen molar-refractivity contribution in [1.29, 1.82) is 0 Å². The molecule has 0 aliphatic carbocycles. The Hall–Kier alpha value is -2.41. The Morgan fingerprint density at radius 3 is 2.91 bits per heavy atom. The standard InChI is InChI=1S/C16H11BrFNO4/c17-11-3-1-10(12(18)6-11)7-23-16(21)9-2-4-13-14(5-9)22-8-15(20)19-13/h1-6H,7-8H2,(H,19,20). The van der Waals surface area contributed by atoms with Crippen LogP contribution in [0.1, 0.15) is 15.9 Å². The van der Waals surface area contributed by atoms with Crippen LogP contribution in [0.2, 0.25) is 0 Å². The molecule has 2 aromatic rings. The number of hydrogen-bond donors (Lipinski definition) is 1. The molecule has 0 bridgehead atoms. The monoisotopic (exact) mass is 379 g/mol. The fourth-order valence-electron chi connectivity index (χ4n) is 2.07. The molecule has 0 unspecified atom stereocenters. The summed E-state index contributed by atoms with van der Waals surface area (Å²) in [6.07, 6.45) is 0. The van der Waals surface area contributed by atoms with E-state index in [2.05, 4.69) is 21.2 Å². The molecule has 1 aliphatic rings. The SMILES string of the molecule is O=C1COc2cc(C(=O)OCc3ccc(Br)cc3F)ccc2N1. The van der Waals surface area contributed by atoms with E-state index in [0.717, 1.165) is 0 Å². The lowest BCUT2D eigenvalue weighted by Crippen LogP contribution is -2.25. The molecule has 118 valence electrons. The van der Waals surface area contributed by atoms with Crippen LogP contribution in [-0.4, -0.2) is 18.5 Å². The first-order valence-electron chi connectivity index (χ1n) is 6.70. The van der Waals surface area contributed by atoms with Crippen molar-refractivity contribution in [3.63, 3.8) is 0 Å². The van der Waals surface area contributed by atoms with Crippen LogP contribution in [0.3, 0.4) is 0 Å². The highest BCUT2D eigenvalue weighted by molar-refractivity contribution is 9.10. The van der Waals surface area contributed by atoms with Crippen molar-refractivity contribution in [2.24, 2.45) is 0 Å². The molecule has 7 heteroatoms. The number of halogens is 2. The Balaban J connectivity index is 1.70. The molecule has 0 fully saturated rings. The lowest BCUT2D eigenvalue weighted by atomic mass is 10.1. The number of nitrogens with one attached hydrogen (secondary N) is 1. The quantitative estimate of drug-likeness (QED) is 0.831. The third-order valence-electron chi connectivity index (χ3n) is 3.22. The Bertz CT molecular complexity index is 794.